The smallest absolute Gasteiger partial charge is 0.250 e. The van der Waals surface area contributed by atoms with Gasteiger partial charge in [-0.05, 0) is 30.7 Å². The lowest BCUT2D eigenvalue weighted by atomic mass is 10.1. The second kappa shape index (κ2) is 7.31. The van der Waals surface area contributed by atoms with E-state index in [1.54, 1.807) is 53.3 Å². The lowest BCUT2D eigenvalue weighted by Crippen LogP contribution is -2.31. The molecule has 2 heterocycles. The number of aromatic nitrogens is 4. The zero-order chi connectivity index (χ0) is 20.6. The Morgan fingerprint density at radius 1 is 1.24 bits per heavy atom. The van der Waals surface area contributed by atoms with Gasteiger partial charge in [-0.1, -0.05) is 0 Å². The number of hydrogen-bond acceptors (Lipinski definition) is 6. The molecule has 4 rings (SSSR count). The molecular weight excluding hydrogens is 380 g/mol. The number of aromatic hydroxyl groups is 1. The molecule has 1 N–H and O–H groups in total. The van der Waals surface area contributed by atoms with Gasteiger partial charge in [0.15, 0.2) is 5.82 Å². The van der Waals surface area contributed by atoms with Crippen LogP contribution in [0.25, 0.3) is 16.9 Å². The maximum Gasteiger partial charge on any atom is 0.250 e. The normalized spacial score (nSPS) is 18.0. The van der Waals surface area contributed by atoms with Gasteiger partial charge in [0.05, 0.1) is 24.7 Å². The molecule has 7 nitrogen and oxygen atoms in total. The van der Waals surface area contributed by atoms with Crippen molar-refractivity contribution in [2.75, 3.05) is 19.1 Å². The predicted octanol–water partition coefficient (Wildman–Crippen LogP) is 3.67. The molecule has 1 aliphatic rings. The van der Waals surface area contributed by atoms with Crippen LogP contribution < -0.4 is 9.64 Å². The van der Waals surface area contributed by atoms with Crippen molar-refractivity contribution in [1.29, 1.82) is 0 Å². The van der Waals surface area contributed by atoms with Crippen molar-refractivity contribution in [3.63, 3.8) is 0 Å². The number of phenols is 1. The van der Waals surface area contributed by atoms with Crippen LogP contribution in [0.5, 0.6) is 11.6 Å². The van der Waals surface area contributed by atoms with Crippen molar-refractivity contribution in [3.05, 3.63) is 42.9 Å². The summed E-state index contributed by atoms with van der Waals surface area (Å²) in [6.07, 6.45) is 3.44. The Morgan fingerprint density at radius 2 is 2.07 bits per heavy atom. The molecule has 0 spiro atoms. The number of ether oxygens (including phenoxy) is 1. The van der Waals surface area contributed by atoms with E-state index in [2.05, 4.69) is 15.2 Å². The maximum absolute atomic E-state index is 13.5. The Kier molecular flexibility index (Phi) is 4.81. The standard InChI is InChI=1S/C20H21F2N5O2/c1-26(14-7-8-20(21,22)10-14)18-6-5-16(24-25-18)15-4-3-13(9-17(15)28)27-11-19(29-2)23-12-27/h3-6,9,11-12,14,28H,7-8,10H2,1-2H3/t14-/m1/s1. The van der Waals surface area contributed by atoms with Gasteiger partial charge in [-0.2, -0.15) is 0 Å². The van der Waals surface area contributed by atoms with Crippen molar-refractivity contribution >= 4 is 5.82 Å². The lowest BCUT2D eigenvalue weighted by Gasteiger charge is -2.25. The third kappa shape index (κ3) is 3.85. The summed E-state index contributed by atoms with van der Waals surface area (Å²) in [5.41, 5.74) is 1.73. The van der Waals surface area contributed by atoms with E-state index in [0.29, 0.717) is 35.1 Å². The average molecular weight is 401 g/mol. The van der Waals surface area contributed by atoms with Crippen molar-refractivity contribution in [1.82, 2.24) is 19.7 Å². The molecule has 0 unspecified atom stereocenters. The summed E-state index contributed by atoms with van der Waals surface area (Å²) in [5, 5.41) is 18.8. The molecule has 3 aromatic rings. The zero-order valence-corrected chi connectivity index (χ0v) is 16.1. The molecule has 0 radical (unpaired) electrons. The predicted molar refractivity (Wildman–Crippen MR) is 104 cm³/mol. The van der Waals surface area contributed by atoms with Gasteiger partial charge in [0.1, 0.15) is 12.1 Å². The van der Waals surface area contributed by atoms with Gasteiger partial charge in [-0.15, -0.1) is 10.2 Å². The number of anilines is 1. The summed E-state index contributed by atoms with van der Waals surface area (Å²) in [7, 11) is 3.28. The molecule has 1 aromatic carbocycles. The highest BCUT2D eigenvalue weighted by Crippen LogP contribution is 2.38. The van der Waals surface area contributed by atoms with Crippen LogP contribution in [0, 0.1) is 0 Å². The fraction of sp³-hybridized carbons (Fsp3) is 0.350. The van der Waals surface area contributed by atoms with E-state index in [4.69, 9.17) is 4.74 Å². The Balaban J connectivity index is 1.53. The number of phenolic OH excluding ortho intramolecular Hbond substituents is 1. The van der Waals surface area contributed by atoms with Gasteiger partial charge in [0.25, 0.3) is 0 Å². The molecule has 9 heteroatoms. The first-order chi connectivity index (χ1) is 13.9. The molecule has 0 aliphatic heterocycles. The van der Waals surface area contributed by atoms with E-state index < -0.39 is 5.92 Å². The third-order valence-electron chi connectivity index (χ3n) is 5.26. The molecule has 1 atom stereocenters. The number of imidazole rings is 1. The third-order valence-corrected chi connectivity index (χ3v) is 5.26. The van der Waals surface area contributed by atoms with Crippen LogP contribution in [0.15, 0.2) is 42.9 Å². The van der Waals surface area contributed by atoms with E-state index in [9.17, 15) is 13.9 Å². The number of alkyl halides is 2. The summed E-state index contributed by atoms with van der Waals surface area (Å²) in [5.74, 6) is -1.57. The van der Waals surface area contributed by atoms with E-state index in [-0.39, 0.29) is 24.6 Å². The van der Waals surface area contributed by atoms with Gasteiger partial charge in [0, 0.05) is 37.6 Å². The number of methoxy groups -OCH3 is 1. The van der Waals surface area contributed by atoms with Crippen LogP contribution in [-0.4, -0.2) is 51.0 Å². The molecule has 2 aromatic heterocycles. The van der Waals surface area contributed by atoms with Crippen LogP contribution in [0.2, 0.25) is 0 Å². The highest BCUT2D eigenvalue weighted by Gasteiger charge is 2.41. The van der Waals surface area contributed by atoms with E-state index >= 15 is 0 Å². The molecule has 0 bridgehead atoms. The van der Waals surface area contributed by atoms with Crippen LogP contribution >= 0.6 is 0 Å². The first-order valence-corrected chi connectivity index (χ1v) is 9.22. The van der Waals surface area contributed by atoms with Crippen LogP contribution in [-0.2, 0) is 0 Å². The van der Waals surface area contributed by atoms with Gasteiger partial charge < -0.3 is 19.3 Å². The van der Waals surface area contributed by atoms with Crippen LogP contribution in [0.4, 0.5) is 14.6 Å². The minimum atomic E-state index is -2.61. The van der Waals surface area contributed by atoms with E-state index in [1.165, 1.54) is 7.11 Å². The maximum atomic E-state index is 13.5. The molecule has 0 saturated heterocycles. The molecule has 0 amide bonds. The number of hydrogen-bond donors (Lipinski definition) is 1. The summed E-state index contributed by atoms with van der Waals surface area (Å²) < 4.78 is 33.7. The molecule has 1 saturated carbocycles. The van der Waals surface area contributed by atoms with Gasteiger partial charge >= 0.3 is 0 Å². The second-order valence-electron chi connectivity index (χ2n) is 7.17. The van der Waals surface area contributed by atoms with Crippen molar-refractivity contribution < 1.29 is 18.6 Å². The van der Waals surface area contributed by atoms with E-state index in [0.717, 1.165) is 0 Å². The second-order valence-corrected chi connectivity index (χ2v) is 7.17. The minimum absolute atomic E-state index is 0.0426. The van der Waals surface area contributed by atoms with Gasteiger partial charge in [0.2, 0.25) is 11.8 Å². The Labute approximate surface area is 166 Å². The van der Waals surface area contributed by atoms with Crippen molar-refractivity contribution in [2.45, 2.75) is 31.2 Å². The number of benzene rings is 1. The van der Waals surface area contributed by atoms with Gasteiger partial charge in [-0.3, -0.25) is 0 Å². The molecular formula is C20H21F2N5O2. The SMILES string of the molecule is COc1cn(-c2ccc(-c3ccc(N(C)[C@@H]4CCC(F)(F)C4)nn3)c(O)c2)cn1. The first kappa shape index (κ1) is 19.1. The fourth-order valence-corrected chi connectivity index (χ4v) is 3.55. The van der Waals surface area contributed by atoms with Crippen LogP contribution in [0.3, 0.4) is 0 Å². The van der Waals surface area contributed by atoms with Crippen LogP contribution in [0.1, 0.15) is 19.3 Å². The Morgan fingerprint density at radius 3 is 2.66 bits per heavy atom. The summed E-state index contributed by atoms with van der Waals surface area (Å²) in [6, 6.07) is 8.35. The Bertz CT molecular complexity index is 1010. The van der Waals surface area contributed by atoms with Gasteiger partial charge in [-0.25, -0.2) is 13.8 Å². The summed E-state index contributed by atoms with van der Waals surface area (Å²) in [4.78, 5) is 5.82. The average Bonchev–Trinajstić information content (AvgIpc) is 3.34. The molecule has 152 valence electrons. The molecule has 1 aliphatic carbocycles. The Hall–Kier alpha value is -3.23. The first-order valence-electron chi connectivity index (χ1n) is 9.22. The fourth-order valence-electron chi connectivity index (χ4n) is 3.55. The highest BCUT2D eigenvalue weighted by molar-refractivity contribution is 5.69. The quantitative estimate of drug-likeness (QED) is 0.703. The minimum Gasteiger partial charge on any atom is -0.507 e. The van der Waals surface area contributed by atoms with Crippen molar-refractivity contribution in [3.8, 4) is 28.6 Å². The van der Waals surface area contributed by atoms with Crippen molar-refractivity contribution in [2.24, 2.45) is 0 Å². The number of nitrogens with zero attached hydrogens (tertiary/aromatic N) is 5. The largest absolute Gasteiger partial charge is 0.507 e. The topological polar surface area (TPSA) is 76.3 Å². The number of halogens is 2. The molecule has 1 fully saturated rings. The lowest BCUT2D eigenvalue weighted by molar-refractivity contribution is 0.00786. The monoisotopic (exact) mass is 401 g/mol. The number of rotatable bonds is 5. The molecule has 29 heavy (non-hydrogen) atoms. The summed E-state index contributed by atoms with van der Waals surface area (Å²) in [6.45, 7) is 0. The van der Waals surface area contributed by atoms with E-state index in [1.807, 2.05) is 6.07 Å². The summed E-state index contributed by atoms with van der Waals surface area (Å²) >= 11 is 0. The zero-order valence-electron chi connectivity index (χ0n) is 16.1. The highest BCUT2D eigenvalue weighted by atomic mass is 19.3.